The largest absolute Gasteiger partial charge is 0.310 e. The maximum Gasteiger partial charge on any atom is 0.128 e. The molecule has 2 unspecified atom stereocenters. The Bertz CT molecular complexity index is 639. The van der Waals surface area contributed by atoms with Gasteiger partial charge in [-0.1, -0.05) is 37.3 Å². The molecule has 2 atom stereocenters. The Morgan fingerprint density at radius 3 is 2.67 bits per heavy atom. The van der Waals surface area contributed by atoms with Gasteiger partial charge in [-0.3, -0.25) is 0 Å². The zero-order valence-corrected chi connectivity index (χ0v) is 12.9. The van der Waals surface area contributed by atoms with Crippen molar-refractivity contribution < 1.29 is 4.39 Å². The van der Waals surface area contributed by atoms with Crippen molar-refractivity contribution in [1.29, 1.82) is 0 Å². The Labute approximate surface area is 126 Å². The number of likely N-dealkylation sites (N-methyl/N-ethyl adjacent to an activating group) is 1. The highest BCUT2D eigenvalue weighted by atomic mass is 19.1. The van der Waals surface area contributed by atoms with Crippen LogP contribution in [-0.4, -0.2) is 6.54 Å². The van der Waals surface area contributed by atoms with Gasteiger partial charge in [-0.2, -0.15) is 0 Å². The first kappa shape index (κ1) is 14.3. The summed E-state index contributed by atoms with van der Waals surface area (Å²) in [6.07, 6.45) is 1.03. The van der Waals surface area contributed by atoms with E-state index in [-0.39, 0.29) is 11.9 Å². The van der Waals surface area contributed by atoms with Gasteiger partial charge in [0.15, 0.2) is 0 Å². The lowest BCUT2D eigenvalue weighted by Crippen LogP contribution is -2.34. The molecule has 2 heteroatoms. The Morgan fingerprint density at radius 1 is 1.24 bits per heavy atom. The van der Waals surface area contributed by atoms with Crippen LogP contribution in [0.5, 0.6) is 0 Å². The molecule has 1 nitrogen and oxygen atoms in total. The van der Waals surface area contributed by atoms with Gasteiger partial charge in [0, 0.05) is 17.5 Å². The van der Waals surface area contributed by atoms with Gasteiger partial charge in [-0.25, -0.2) is 4.39 Å². The van der Waals surface area contributed by atoms with Crippen molar-refractivity contribution >= 4 is 0 Å². The van der Waals surface area contributed by atoms with E-state index < -0.39 is 0 Å². The first-order chi connectivity index (χ1) is 10.1. The minimum Gasteiger partial charge on any atom is -0.310 e. The van der Waals surface area contributed by atoms with E-state index in [1.807, 2.05) is 13.8 Å². The summed E-state index contributed by atoms with van der Waals surface area (Å²) in [5.41, 5.74) is 5.63. The third kappa shape index (κ3) is 2.49. The number of nitrogens with one attached hydrogen (secondary N) is 1. The lowest BCUT2D eigenvalue weighted by Gasteiger charge is -2.38. The van der Waals surface area contributed by atoms with Gasteiger partial charge in [0.1, 0.15) is 5.82 Å². The summed E-state index contributed by atoms with van der Waals surface area (Å²) in [4.78, 5) is 0. The molecule has 0 fully saturated rings. The molecule has 1 aliphatic rings. The molecule has 0 aliphatic heterocycles. The molecular formula is C19H22FN. The lowest BCUT2D eigenvalue weighted by atomic mass is 9.71. The smallest absolute Gasteiger partial charge is 0.128 e. The highest BCUT2D eigenvalue weighted by molar-refractivity contribution is 5.45. The fraction of sp³-hybridized carbons (Fsp3) is 0.368. The summed E-state index contributed by atoms with van der Waals surface area (Å²) >= 11 is 0. The van der Waals surface area contributed by atoms with Crippen molar-refractivity contribution in [3.8, 4) is 0 Å². The zero-order chi connectivity index (χ0) is 15.0. The molecule has 0 saturated carbocycles. The van der Waals surface area contributed by atoms with Gasteiger partial charge in [-0.05, 0) is 55.1 Å². The van der Waals surface area contributed by atoms with Crippen molar-refractivity contribution in [3.05, 3.63) is 70.0 Å². The predicted molar refractivity (Wildman–Crippen MR) is 85.2 cm³/mol. The highest BCUT2D eigenvalue weighted by Crippen LogP contribution is 2.44. The van der Waals surface area contributed by atoms with E-state index in [4.69, 9.17) is 0 Å². The fourth-order valence-electron chi connectivity index (χ4n) is 3.58. The summed E-state index contributed by atoms with van der Waals surface area (Å²) in [6, 6.07) is 12.3. The van der Waals surface area contributed by atoms with Crippen LogP contribution in [0.25, 0.3) is 0 Å². The summed E-state index contributed by atoms with van der Waals surface area (Å²) in [7, 11) is 0. The van der Waals surface area contributed by atoms with Crippen LogP contribution >= 0.6 is 0 Å². The van der Waals surface area contributed by atoms with Crippen LogP contribution in [0.3, 0.4) is 0 Å². The normalized spacial score (nSPS) is 18.0. The van der Waals surface area contributed by atoms with E-state index in [2.05, 4.69) is 42.6 Å². The Balaban J connectivity index is 2.01. The average molecular weight is 283 g/mol. The minimum absolute atomic E-state index is 0.0606. The lowest BCUT2D eigenvalue weighted by molar-refractivity contribution is 0.403. The van der Waals surface area contributed by atoms with E-state index in [9.17, 15) is 4.39 Å². The first-order valence-corrected chi connectivity index (χ1v) is 7.69. The number of fused-ring (bicyclic) bond motifs is 1. The zero-order valence-electron chi connectivity index (χ0n) is 12.9. The number of benzene rings is 2. The summed E-state index contributed by atoms with van der Waals surface area (Å²) < 4.78 is 14.5. The molecule has 0 saturated heterocycles. The van der Waals surface area contributed by atoms with Crippen LogP contribution in [-0.2, 0) is 6.42 Å². The quantitative estimate of drug-likeness (QED) is 0.875. The molecule has 2 aromatic rings. The molecule has 0 bridgehead atoms. The molecular weight excluding hydrogens is 261 g/mol. The summed E-state index contributed by atoms with van der Waals surface area (Å²) in [5.74, 6) is 0.292. The number of hydrogen-bond donors (Lipinski definition) is 1. The minimum atomic E-state index is -0.0807. The van der Waals surface area contributed by atoms with Crippen molar-refractivity contribution in [2.45, 2.75) is 39.2 Å². The van der Waals surface area contributed by atoms with Gasteiger partial charge in [0.2, 0.25) is 0 Å². The van der Waals surface area contributed by atoms with Crippen LogP contribution in [0.4, 0.5) is 4.39 Å². The maximum atomic E-state index is 14.5. The third-order valence-electron chi connectivity index (χ3n) is 4.51. The van der Waals surface area contributed by atoms with Crippen molar-refractivity contribution in [1.82, 2.24) is 5.32 Å². The van der Waals surface area contributed by atoms with E-state index in [1.54, 1.807) is 6.07 Å². The van der Waals surface area contributed by atoms with Gasteiger partial charge in [0.05, 0.1) is 0 Å². The molecule has 110 valence electrons. The van der Waals surface area contributed by atoms with Crippen molar-refractivity contribution in [2.24, 2.45) is 0 Å². The molecule has 21 heavy (non-hydrogen) atoms. The fourth-order valence-corrected chi connectivity index (χ4v) is 3.58. The topological polar surface area (TPSA) is 12.0 Å². The maximum absolute atomic E-state index is 14.5. The van der Waals surface area contributed by atoms with E-state index in [1.165, 1.54) is 11.1 Å². The van der Waals surface area contributed by atoms with Gasteiger partial charge < -0.3 is 5.32 Å². The molecule has 0 aromatic heterocycles. The molecule has 2 aromatic carbocycles. The number of rotatable bonds is 4. The van der Waals surface area contributed by atoms with Crippen molar-refractivity contribution in [2.75, 3.05) is 6.54 Å². The second-order valence-electron chi connectivity index (χ2n) is 6.02. The second kappa shape index (κ2) is 5.61. The SMILES string of the molecule is CCNC(c1c(C)cc(C)cc1F)C1Cc2ccccc21. The summed E-state index contributed by atoms with van der Waals surface area (Å²) in [5, 5.41) is 3.50. The monoisotopic (exact) mass is 283 g/mol. The van der Waals surface area contributed by atoms with E-state index in [0.717, 1.165) is 29.7 Å². The van der Waals surface area contributed by atoms with Crippen LogP contribution in [0.15, 0.2) is 36.4 Å². The van der Waals surface area contributed by atoms with E-state index >= 15 is 0 Å². The molecule has 0 radical (unpaired) electrons. The molecule has 1 aliphatic carbocycles. The van der Waals surface area contributed by atoms with Crippen LogP contribution in [0, 0.1) is 19.7 Å². The Hall–Kier alpha value is -1.67. The number of halogens is 1. The summed E-state index contributed by atoms with van der Waals surface area (Å²) in [6.45, 7) is 6.89. The van der Waals surface area contributed by atoms with E-state index in [0.29, 0.717) is 5.92 Å². The van der Waals surface area contributed by atoms with Gasteiger partial charge in [0.25, 0.3) is 0 Å². The second-order valence-corrected chi connectivity index (χ2v) is 6.02. The third-order valence-corrected chi connectivity index (χ3v) is 4.51. The van der Waals surface area contributed by atoms with Crippen LogP contribution in [0.1, 0.15) is 46.7 Å². The van der Waals surface area contributed by atoms with Gasteiger partial charge in [-0.15, -0.1) is 0 Å². The van der Waals surface area contributed by atoms with Crippen molar-refractivity contribution in [3.63, 3.8) is 0 Å². The molecule has 3 rings (SSSR count). The number of aryl methyl sites for hydroxylation is 2. The molecule has 0 spiro atoms. The Morgan fingerprint density at radius 2 is 2.00 bits per heavy atom. The van der Waals surface area contributed by atoms with Crippen LogP contribution in [0.2, 0.25) is 0 Å². The first-order valence-electron chi connectivity index (χ1n) is 7.69. The Kier molecular flexibility index (Phi) is 3.81. The molecule has 0 amide bonds. The number of hydrogen-bond acceptors (Lipinski definition) is 1. The standard InChI is InChI=1S/C19H22FN/c1-4-21-19(16-11-14-7-5-6-8-15(14)16)18-13(3)9-12(2)10-17(18)20/h5-10,16,19,21H,4,11H2,1-3H3. The molecule has 0 heterocycles. The van der Waals surface area contributed by atoms with Gasteiger partial charge >= 0.3 is 0 Å². The average Bonchev–Trinajstić information content (AvgIpc) is 2.39. The highest BCUT2D eigenvalue weighted by Gasteiger charge is 2.35. The predicted octanol–water partition coefficient (Wildman–Crippen LogP) is 4.43. The van der Waals surface area contributed by atoms with Crippen LogP contribution < -0.4 is 5.32 Å². The molecule has 1 N–H and O–H groups in total.